The lowest BCUT2D eigenvalue weighted by Gasteiger charge is -2.12. The molecular formula is C29H30N4O3. The summed E-state index contributed by atoms with van der Waals surface area (Å²) in [5.74, 6) is 1.98. The zero-order valence-corrected chi connectivity index (χ0v) is 21.5. The van der Waals surface area contributed by atoms with Crippen molar-refractivity contribution < 1.29 is 9.15 Å². The number of hydrogen-bond acceptors (Lipinski definition) is 5. The number of aryl methyl sites for hydroxylation is 4. The van der Waals surface area contributed by atoms with Gasteiger partial charge in [0.15, 0.2) is 0 Å². The first kappa shape index (κ1) is 23.6. The van der Waals surface area contributed by atoms with Crippen LogP contribution in [-0.2, 0) is 6.54 Å². The Bertz CT molecular complexity index is 1600. The lowest BCUT2D eigenvalue weighted by atomic mass is 10.1. The van der Waals surface area contributed by atoms with Crippen molar-refractivity contribution in [3.05, 3.63) is 93.2 Å². The van der Waals surface area contributed by atoms with E-state index in [9.17, 15) is 4.79 Å². The summed E-state index contributed by atoms with van der Waals surface area (Å²) in [5, 5.41) is 5.77. The second-order valence-corrected chi connectivity index (χ2v) is 9.50. The summed E-state index contributed by atoms with van der Waals surface area (Å²) < 4.78 is 15.3. The Morgan fingerprint density at radius 3 is 2.33 bits per heavy atom. The number of pyridine rings is 1. The predicted molar refractivity (Wildman–Crippen MR) is 141 cm³/mol. The van der Waals surface area contributed by atoms with Crippen LogP contribution in [0.5, 0.6) is 5.75 Å². The molecule has 0 radical (unpaired) electrons. The normalized spacial score (nSPS) is 11.5. The van der Waals surface area contributed by atoms with Crippen molar-refractivity contribution in [2.75, 3.05) is 0 Å². The van der Waals surface area contributed by atoms with Crippen LogP contribution in [0.1, 0.15) is 42.1 Å². The molecule has 0 fully saturated rings. The second kappa shape index (κ2) is 9.15. The van der Waals surface area contributed by atoms with Gasteiger partial charge in [0.2, 0.25) is 5.89 Å². The van der Waals surface area contributed by atoms with Gasteiger partial charge in [0.05, 0.1) is 24.0 Å². The van der Waals surface area contributed by atoms with Gasteiger partial charge in [-0.25, -0.2) is 9.67 Å². The molecule has 0 aliphatic heterocycles. The van der Waals surface area contributed by atoms with Gasteiger partial charge in [-0.2, -0.15) is 5.10 Å². The number of rotatable bonds is 6. The number of nitrogens with zero attached hydrogens (tertiary/aromatic N) is 4. The molecule has 0 saturated heterocycles. The van der Waals surface area contributed by atoms with E-state index in [1.165, 1.54) is 0 Å². The first-order chi connectivity index (χ1) is 17.2. The van der Waals surface area contributed by atoms with Crippen LogP contribution in [0.15, 0.2) is 63.8 Å². The van der Waals surface area contributed by atoms with Crippen molar-refractivity contribution in [2.24, 2.45) is 0 Å². The molecule has 0 aliphatic rings. The maximum absolute atomic E-state index is 13.3. The summed E-state index contributed by atoms with van der Waals surface area (Å²) in [6, 6.07) is 17.5. The van der Waals surface area contributed by atoms with Gasteiger partial charge in [0, 0.05) is 17.0 Å². The highest BCUT2D eigenvalue weighted by Crippen LogP contribution is 2.27. The van der Waals surface area contributed by atoms with Crippen LogP contribution >= 0.6 is 0 Å². The van der Waals surface area contributed by atoms with Crippen molar-refractivity contribution in [3.63, 3.8) is 0 Å². The third-order valence-corrected chi connectivity index (χ3v) is 6.24. The van der Waals surface area contributed by atoms with Crippen LogP contribution in [-0.4, -0.2) is 25.4 Å². The number of ether oxygens (including phenoxy) is 1. The van der Waals surface area contributed by atoms with Crippen molar-refractivity contribution in [1.82, 2.24) is 19.3 Å². The lowest BCUT2D eigenvalue weighted by molar-refractivity contribution is 0.242. The van der Waals surface area contributed by atoms with Crippen LogP contribution in [0.3, 0.4) is 0 Å². The molecule has 3 aromatic heterocycles. The van der Waals surface area contributed by atoms with Crippen molar-refractivity contribution >= 4 is 11.0 Å². The van der Waals surface area contributed by atoms with Crippen LogP contribution in [0.4, 0.5) is 0 Å². The zero-order valence-electron chi connectivity index (χ0n) is 21.5. The standard InChI is InChI=1S/C29H30N4O3/c1-17(2)35-24-13-9-22(10-14-24)28-30-25(21(6)36-28)16-32-26(34)15-19(4)27-20(5)31-33(29(27)32)23-11-7-18(3)8-12-23/h7-15,17H,16H2,1-6H3. The topological polar surface area (TPSA) is 75.1 Å². The van der Waals surface area contributed by atoms with Gasteiger partial charge in [-0.05, 0) is 83.5 Å². The maximum atomic E-state index is 13.3. The van der Waals surface area contributed by atoms with E-state index in [0.29, 0.717) is 17.3 Å². The number of fused-ring (bicyclic) bond motifs is 1. The number of benzene rings is 2. The molecule has 0 saturated carbocycles. The fourth-order valence-electron chi connectivity index (χ4n) is 4.48. The minimum absolute atomic E-state index is 0.104. The van der Waals surface area contributed by atoms with Crippen LogP contribution in [0, 0.1) is 27.7 Å². The summed E-state index contributed by atoms with van der Waals surface area (Å²) in [6.45, 7) is 12.1. The summed E-state index contributed by atoms with van der Waals surface area (Å²) in [4.78, 5) is 18.0. The largest absolute Gasteiger partial charge is 0.491 e. The fraction of sp³-hybridized carbons (Fsp3) is 0.276. The highest BCUT2D eigenvalue weighted by atomic mass is 16.5. The highest BCUT2D eigenvalue weighted by Gasteiger charge is 2.20. The van der Waals surface area contributed by atoms with Gasteiger partial charge in [0.25, 0.3) is 5.56 Å². The van der Waals surface area contributed by atoms with Gasteiger partial charge in [-0.1, -0.05) is 17.7 Å². The molecule has 0 aliphatic carbocycles. The summed E-state index contributed by atoms with van der Waals surface area (Å²) in [5.41, 5.74) is 6.04. The Hall–Kier alpha value is -4.13. The van der Waals surface area contributed by atoms with Crippen molar-refractivity contribution in [2.45, 2.75) is 54.2 Å². The number of aromatic nitrogens is 4. The summed E-state index contributed by atoms with van der Waals surface area (Å²) >= 11 is 0. The molecule has 5 rings (SSSR count). The van der Waals surface area contributed by atoms with E-state index in [0.717, 1.165) is 44.9 Å². The minimum atomic E-state index is -0.104. The molecule has 0 amide bonds. The predicted octanol–water partition coefficient (Wildman–Crippen LogP) is 5.91. The quantitative estimate of drug-likeness (QED) is 0.301. The van der Waals surface area contributed by atoms with E-state index in [2.05, 4.69) is 0 Å². The highest BCUT2D eigenvalue weighted by molar-refractivity contribution is 5.83. The molecule has 2 aromatic carbocycles. The molecule has 0 spiro atoms. The Labute approximate surface area is 210 Å². The molecule has 36 heavy (non-hydrogen) atoms. The number of hydrogen-bond donors (Lipinski definition) is 0. The van der Waals surface area contributed by atoms with E-state index in [4.69, 9.17) is 19.2 Å². The summed E-state index contributed by atoms with van der Waals surface area (Å²) in [6.07, 6.45) is 0.105. The lowest BCUT2D eigenvalue weighted by Crippen LogP contribution is -2.23. The monoisotopic (exact) mass is 482 g/mol. The molecule has 3 heterocycles. The molecule has 0 bridgehead atoms. The molecular weight excluding hydrogens is 452 g/mol. The third-order valence-electron chi connectivity index (χ3n) is 6.24. The van der Waals surface area contributed by atoms with Gasteiger partial charge in [0.1, 0.15) is 22.9 Å². The SMILES string of the molecule is Cc1ccc(-n2nc(C)c3c(C)cc(=O)n(Cc4nc(-c5ccc(OC(C)C)cc5)oc4C)c32)cc1. The van der Waals surface area contributed by atoms with Gasteiger partial charge < -0.3 is 9.15 Å². The average molecular weight is 483 g/mol. The van der Waals surface area contributed by atoms with Gasteiger partial charge >= 0.3 is 0 Å². The van der Waals surface area contributed by atoms with E-state index in [1.807, 2.05) is 94.8 Å². The smallest absolute Gasteiger partial charge is 0.252 e. The first-order valence-corrected chi connectivity index (χ1v) is 12.1. The first-order valence-electron chi connectivity index (χ1n) is 12.1. The van der Waals surface area contributed by atoms with Crippen LogP contribution < -0.4 is 10.3 Å². The molecule has 0 atom stereocenters. The Morgan fingerprint density at radius 2 is 1.67 bits per heavy atom. The molecule has 5 aromatic rings. The second-order valence-electron chi connectivity index (χ2n) is 9.50. The minimum Gasteiger partial charge on any atom is -0.491 e. The molecule has 0 N–H and O–H groups in total. The maximum Gasteiger partial charge on any atom is 0.252 e. The number of oxazole rings is 1. The molecule has 7 heteroatoms. The van der Waals surface area contributed by atoms with E-state index >= 15 is 0 Å². The van der Waals surface area contributed by atoms with Crippen LogP contribution in [0.25, 0.3) is 28.2 Å². The van der Waals surface area contributed by atoms with Crippen molar-refractivity contribution in [1.29, 1.82) is 0 Å². The summed E-state index contributed by atoms with van der Waals surface area (Å²) in [7, 11) is 0. The molecule has 7 nitrogen and oxygen atoms in total. The Kier molecular flexibility index (Phi) is 6.00. The molecule has 0 unspecified atom stereocenters. The Balaban J connectivity index is 1.58. The van der Waals surface area contributed by atoms with Crippen LogP contribution in [0.2, 0.25) is 0 Å². The van der Waals surface area contributed by atoms with Gasteiger partial charge in [-0.3, -0.25) is 9.36 Å². The fourth-order valence-corrected chi connectivity index (χ4v) is 4.48. The Morgan fingerprint density at radius 1 is 0.972 bits per heavy atom. The van der Waals surface area contributed by atoms with E-state index < -0.39 is 0 Å². The van der Waals surface area contributed by atoms with Gasteiger partial charge in [-0.15, -0.1) is 0 Å². The molecule has 184 valence electrons. The van der Waals surface area contributed by atoms with E-state index in [1.54, 1.807) is 10.6 Å². The third kappa shape index (κ3) is 4.33. The van der Waals surface area contributed by atoms with Crippen molar-refractivity contribution in [3.8, 4) is 22.9 Å². The average Bonchev–Trinajstić information content (AvgIpc) is 3.37. The van der Waals surface area contributed by atoms with E-state index in [-0.39, 0.29) is 18.2 Å². The zero-order chi connectivity index (χ0) is 25.6.